The van der Waals surface area contributed by atoms with Crippen molar-refractivity contribution in [3.8, 4) is 0 Å². The number of nitrogens with one attached hydrogen (secondary N) is 1. The molecule has 126 valence electrons. The molecule has 1 saturated heterocycles. The Morgan fingerprint density at radius 2 is 1.92 bits per heavy atom. The molecular formula is C18H14FN3O2S. The minimum atomic E-state index is -1.14. The molecule has 1 fully saturated rings. The van der Waals surface area contributed by atoms with Gasteiger partial charge in [0, 0.05) is 6.21 Å². The van der Waals surface area contributed by atoms with Gasteiger partial charge < -0.3 is 5.32 Å². The van der Waals surface area contributed by atoms with Crippen LogP contribution < -0.4 is 10.2 Å². The minimum Gasteiger partial charge on any atom is -0.301 e. The van der Waals surface area contributed by atoms with Crippen molar-refractivity contribution >= 4 is 46.7 Å². The number of aryl methyl sites for hydroxylation is 1. The molecule has 5 nitrogen and oxygen atoms in total. The van der Waals surface area contributed by atoms with Crippen LogP contribution in [0, 0.1) is 18.7 Å². The van der Waals surface area contributed by atoms with Crippen LogP contribution in [0.5, 0.6) is 0 Å². The fourth-order valence-corrected chi connectivity index (χ4v) is 2.67. The van der Waals surface area contributed by atoms with E-state index in [-0.39, 0.29) is 5.11 Å². The Kier molecular flexibility index (Phi) is 4.67. The number of halogens is 1. The van der Waals surface area contributed by atoms with Crippen LogP contribution in [0.2, 0.25) is 0 Å². The van der Waals surface area contributed by atoms with Gasteiger partial charge in [-0.25, -0.2) is 4.39 Å². The summed E-state index contributed by atoms with van der Waals surface area (Å²) >= 11 is 5.12. The number of thiocarbonyl (C=S) groups is 1. The van der Waals surface area contributed by atoms with Gasteiger partial charge in [0.25, 0.3) is 5.91 Å². The van der Waals surface area contributed by atoms with Gasteiger partial charge >= 0.3 is 0 Å². The first-order chi connectivity index (χ1) is 12.0. The molecule has 0 spiro atoms. The number of hydrogen-bond donors (Lipinski definition) is 1. The molecule has 2 amide bonds. The van der Waals surface area contributed by atoms with Gasteiger partial charge in [0.15, 0.2) is 11.0 Å². The quantitative estimate of drug-likeness (QED) is 0.523. The summed E-state index contributed by atoms with van der Waals surface area (Å²) in [6.45, 7) is 1.93. The number of rotatable bonds is 3. The highest BCUT2D eigenvalue weighted by molar-refractivity contribution is 7.80. The molecule has 1 N–H and O–H groups in total. The monoisotopic (exact) mass is 355 g/mol. The maximum Gasteiger partial charge on any atom is 0.251 e. The zero-order chi connectivity index (χ0) is 18.0. The van der Waals surface area contributed by atoms with Crippen LogP contribution in [-0.2, 0) is 9.59 Å². The molecule has 25 heavy (non-hydrogen) atoms. The topological polar surface area (TPSA) is 61.8 Å². The third-order valence-electron chi connectivity index (χ3n) is 3.68. The van der Waals surface area contributed by atoms with Gasteiger partial charge in [-0.05, 0) is 49.5 Å². The van der Waals surface area contributed by atoms with Gasteiger partial charge in [0.1, 0.15) is 5.82 Å². The number of aliphatic imine (C=N–C) groups is 1. The highest BCUT2D eigenvalue weighted by Crippen LogP contribution is 2.21. The molecule has 2 aromatic rings. The summed E-state index contributed by atoms with van der Waals surface area (Å²) in [6.07, 6.45) is 1.20. The number of amides is 2. The van der Waals surface area contributed by atoms with Crippen LogP contribution in [0.15, 0.2) is 53.5 Å². The van der Waals surface area contributed by atoms with Gasteiger partial charge in [-0.2, -0.15) is 0 Å². The minimum absolute atomic E-state index is 0.0225. The highest BCUT2D eigenvalue weighted by atomic mass is 32.1. The maximum absolute atomic E-state index is 13.2. The van der Waals surface area contributed by atoms with E-state index in [4.69, 9.17) is 12.2 Å². The second-order valence-electron chi connectivity index (χ2n) is 5.54. The van der Waals surface area contributed by atoms with Crippen LogP contribution in [0.25, 0.3) is 0 Å². The Morgan fingerprint density at radius 1 is 1.20 bits per heavy atom. The van der Waals surface area contributed by atoms with Gasteiger partial charge in [-0.3, -0.25) is 19.5 Å². The number of anilines is 1. The van der Waals surface area contributed by atoms with Crippen molar-refractivity contribution in [2.75, 3.05) is 4.90 Å². The van der Waals surface area contributed by atoms with Crippen molar-refractivity contribution in [3.05, 3.63) is 59.9 Å². The van der Waals surface area contributed by atoms with Crippen LogP contribution in [0.4, 0.5) is 15.8 Å². The molecule has 2 aromatic carbocycles. The van der Waals surface area contributed by atoms with Crippen molar-refractivity contribution in [3.63, 3.8) is 0 Å². The van der Waals surface area contributed by atoms with E-state index in [0.717, 1.165) is 5.56 Å². The molecule has 0 aliphatic carbocycles. The standard InChI is InChI=1S/C18H14FN3O2S/c1-11-5-7-14(8-6-11)22-17(24)15(16(23)21-18(22)25)10-20-13-4-2-3-12(19)9-13/h2-10,15H,1H3,(H,21,23,25)/t15-/m0/s1. The van der Waals surface area contributed by atoms with Crippen molar-refractivity contribution in [2.24, 2.45) is 10.9 Å². The van der Waals surface area contributed by atoms with Crippen molar-refractivity contribution in [1.82, 2.24) is 5.32 Å². The van der Waals surface area contributed by atoms with Gasteiger partial charge in [-0.15, -0.1) is 0 Å². The van der Waals surface area contributed by atoms with Crippen molar-refractivity contribution in [2.45, 2.75) is 6.92 Å². The first-order valence-electron chi connectivity index (χ1n) is 7.51. The lowest BCUT2D eigenvalue weighted by Gasteiger charge is -2.30. The Bertz CT molecular complexity index is 880. The molecule has 0 saturated carbocycles. The molecule has 1 heterocycles. The number of nitrogens with zero attached hydrogens (tertiary/aromatic N) is 2. The summed E-state index contributed by atoms with van der Waals surface area (Å²) in [6, 6.07) is 12.8. The Labute approximate surface area is 149 Å². The van der Waals surface area contributed by atoms with E-state index < -0.39 is 23.5 Å². The maximum atomic E-state index is 13.2. The Morgan fingerprint density at radius 3 is 2.60 bits per heavy atom. The van der Waals surface area contributed by atoms with E-state index in [2.05, 4.69) is 10.3 Å². The summed E-state index contributed by atoms with van der Waals surface area (Å²) in [7, 11) is 0. The van der Waals surface area contributed by atoms with Crippen molar-refractivity contribution in [1.29, 1.82) is 0 Å². The first kappa shape index (κ1) is 16.9. The van der Waals surface area contributed by atoms with Gasteiger partial charge in [-0.1, -0.05) is 23.8 Å². The predicted octanol–water partition coefficient (Wildman–Crippen LogP) is 2.90. The van der Waals surface area contributed by atoms with E-state index in [9.17, 15) is 14.0 Å². The molecule has 0 bridgehead atoms. The summed E-state index contributed by atoms with van der Waals surface area (Å²) in [5, 5.41) is 2.53. The summed E-state index contributed by atoms with van der Waals surface area (Å²) in [5.74, 6) is -2.65. The van der Waals surface area contributed by atoms with Crippen LogP contribution >= 0.6 is 12.2 Å². The number of carbonyl (C=O) groups excluding carboxylic acids is 2. The van der Waals surface area contributed by atoms with Gasteiger partial charge in [0.05, 0.1) is 11.4 Å². The fraction of sp³-hybridized carbons (Fsp3) is 0.111. The summed E-state index contributed by atoms with van der Waals surface area (Å²) in [4.78, 5) is 30.2. The second kappa shape index (κ2) is 6.90. The third-order valence-corrected chi connectivity index (χ3v) is 3.96. The smallest absolute Gasteiger partial charge is 0.251 e. The molecule has 1 atom stereocenters. The van der Waals surface area contributed by atoms with Crippen LogP contribution in [0.3, 0.4) is 0 Å². The molecule has 0 aromatic heterocycles. The average molecular weight is 355 g/mol. The fourth-order valence-electron chi connectivity index (χ4n) is 2.38. The molecule has 1 aliphatic heterocycles. The number of benzene rings is 2. The van der Waals surface area contributed by atoms with Gasteiger partial charge in [0.2, 0.25) is 5.91 Å². The van der Waals surface area contributed by atoms with E-state index in [1.165, 1.54) is 29.3 Å². The molecule has 7 heteroatoms. The highest BCUT2D eigenvalue weighted by Gasteiger charge is 2.38. The molecule has 0 unspecified atom stereocenters. The van der Waals surface area contributed by atoms with E-state index in [1.807, 2.05) is 19.1 Å². The lowest BCUT2D eigenvalue weighted by Crippen LogP contribution is -2.58. The molecule has 1 aliphatic rings. The number of hydrogen-bond acceptors (Lipinski definition) is 4. The van der Waals surface area contributed by atoms with E-state index in [1.54, 1.807) is 18.2 Å². The Balaban J connectivity index is 1.89. The zero-order valence-electron chi connectivity index (χ0n) is 13.3. The summed E-state index contributed by atoms with van der Waals surface area (Å²) < 4.78 is 13.2. The zero-order valence-corrected chi connectivity index (χ0v) is 14.1. The van der Waals surface area contributed by atoms with E-state index >= 15 is 0 Å². The Hall–Kier alpha value is -2.93. The second-order valence-corrected chi connectivity index (χ2v) is 5.93. The predicted molar refractivity (Wildman–Crippen MR) is 97.4 cm³/mol. The largest absolute Gasteiger partial charge is 0.301 e. The molecule has 0 radical (unpaired) electrons. The third kappa shape index (κ3) is 3.61. The first-order valence-corrected chi connectivity index (χ1v) is 7.92. The van der Waals surface area contributed by atoms with E-state index in [0.29, 0.717) is 11.4 Å². The SMILES string of the molecule is Cc1ccc(N2C(=O)[C@@H](C=Nc3cccc(F)c3)C(=O)NC2=S)cc1. The number of carbonyl (C=O) groups is 2. The average Bonchev–Trinajstić information content (AvgIpc) is 2.56. The van der Waals surface area contributed by atoms with Crippen molar-refractivity contribution < 1.29 is 14.0 Å². The lowest BCUT2D eigenvalue weighted by molar-refractivity contribution is -0.130. The molecule has 3 rings (SSSR count). The van der Waals surface area contributed by atoms with Crippen LogP contribution in [0.1, 0.15) is 5.56 Å². The normalized spacial score (nSPS) is 17.9. The summed E-state index contributed by atoms with van der Waals surface area (Å²) in [5.41, 5.74) is 1.91. The van der Waals surface area contributed by atoms with Crippen LogP contribution in [-0.4, -0.2) is 23.1 Å². The molecular weight excluding hydrogens is 341 g/mol. The lowest BCUT2D eigenvalue weighted by atomic mass is 10.1.